The van der Waals surface area contributed by atoms with E-state index in [0.717, 1.165) is 11.5 Å². The van der Waals surface area contributed by atoms with Crippen molar-refractivity contribution < 1.29 is 0 Å². The molecule has 1 aliphatic carbocycles. The van der Waals surface area contributed by atoms with Gasteiger partial charge in [0.2, 0.25) is 0 Å². The van der Waals surface area contributed by atoms with Crippen molar-refractivity contribution in [2.45, 2.75) is 182 Å². The van der Waals surface area contributed by atoms with Gasteiger partial charge in [-0.25, -0.2) is 4.98 Å². The highest BCUT2D eigenvalue weighted by molar-refractivity contribution is 7.33. The van der Waals surface area contributed by atoms with Crippen LogP contribution in [0.15, 0.2) is 103 Å². The van der Waals surface area contributed by atoms with Gasteiger partial charge in [0.25, 0.3) is 6.71 Å². The highest BCUT2D eigenvalue weighted by Crippen LogP contribution is 2.53. The van der Waals surface area contributed by atoms with E-state index < -0.39 is 0 Å². The van der Waals surface area contributed by atoms with Crippen LogP contribution in [0.5, 0.6) is 0 Å². The zero-order valence-electron chi connectivity index (χ0n) is 46.1. The van der Waals surface area contributed by atoms with Crippen molar-refractivity contribution in [2.75, 3.05) is 9.80 Å². The molecular formula is C65H78BN3S. The molecule has 362 valence electrons. The molecule has 0 bridgehead atoms. The summed E-state index contributed by atoms with van der Waals surface area (Å²) in [4.78, 5) is 11.2. The fourth-order valence-electron chi connectivity index (χ4n) is 11.5. The summed E-state index contributed by atoms with van der Waals surface area (Å²) in [7, 11) is 0. The van der Waals surface area contributed by atoms with Gasteiger partial charge in [0.05, 0.1) is 17.1 Å². The molecule has 0 unspecified atom stereocenters. The van der Waals surface area contributed by atoms with Crippen LogP contribution in [0.25, 0.3) is 21.2 Å². The maximum absolute atomic E-state index is 6.03. The zero-order chi connectivity index (χ0) is 50.6. The van der Waals surface area contributed by atoms with Gasteiger partial charge in [0, 0.05) is 42.9 Å². The first-order chi connectivity index (χ1) is 32.3. The van der Waals surface area contributed by atoms with Crippen molar-refractivity contribution in [3.8, 4) is 11.1 Å². The quantitative estimate of drug-likeness (QED) is 0.165. The average molecular weight is 944 g/mol. The van der Waals surface area contributed by atoms with E-state index >= 15 is 0 Å². The van der Waals surface area contributed by atoms with Crippen LogP contribution in [0.2, 0.25) is 0 Å². The van der Waals surface area contributed by atoms with E-state index in [0.29, 0.717) is 0 Å². The number of benzene rings is 5. The molecule has 0 spiro atoms. The summed E-state index contributed by atoms with van der Waals surface area (Å²) < 4.78 is 2.70. The molecule has 3 aliphatic rings. The van der Waals surface area contributed by atoms with Gasteiger partial charge in [-0.15, -0.1) is 11.3 Å². The van der Waals surface area contributed by atoms with Gasteiger partial charge in [0.1, 0.15) is 5.82 Å². The summed E-state index contributed by atoms with van der Waals surface area (Å²) >= 11 is 1.98. The lowest BCUT2D eigenvalue weighted by Crippen LogP contribution is -2.61. The molecule has 7 aromatic rings. The monoisotopic (exact) mass is 944 g/mol. The Balaban J connectivity index is 1.36. The number of hydrogen-bond acceptors (Lipinski definition) is 4. The summed E-state index contributed by atoms with van der Waals surface area (Å²) in [5.41, 5.74) is 20.5. The zero-order valence-corrected chi connectivity index (χ0v) is 46.9. The van der Waals surface area contributed by atoms with Crippen molar-refractivity contribution in [1.29, 1.82) is 0 Å². The number of aromatic nitrogens is 1. The Morgan fingerprint density at radius 2 is 1.04 bits per heavy atom. The molecule has 0 amide bonds. The van der Waals surface area contributed by atoms with Crippen LogP contribution in [0.3, 0.4) is 0 Å². The molecule has 4 heterocycles. The third-order valence-electron chi connectivity index (χ3n) is 16.3. The van der Waals surface area contributed by atoms with E-state index in [1.807, 2.05) is 11.3 Å². The van der Waals surface area contributed by atoms with Crippen molar-refractivity contribution in [3.63, 3.8) is 0 Å². The minimum Gasteiger partial charge on any atom is -0.311 e. The van der Waals surface area contributed by atoms with Gasteiger partial charge in [-0.05, 0) is 144 Å². The molecule has 5 heteroatoms. The van der Waals surface area contributed by atoms with Crippen molar-refractivity contribution in [2.24, 2.45) is 0 Å². The van der Waals surface area contributed by atoms with Crippen LogP contribution in [0.4, 0.5) is 34.3 Å². The van der Waals surface area contributed by atoms with E-state index in [1.54, 1.807) is 0 Å². The number of hydrogen-bond donors (Lipinski definition) is 0. The van der Waals surface area contributed by atoms with Gasteiger partial charge < -0.3 is 4.90 Å². The molecular weight excluding hydrogens is 866 g/mol. The normalized spacial score (nSPS) is 16.5. The fourth-order valence-corrected chi connectivity index (χ4v) is 12.8. The Morgan fingerprint density at radius 3 is 1.64 bits per heavy atom. The Morgan fingerprint density at radius 1 is 0.500 bits per heavy atom. The van der Waals surface area contributed by atoms with E-state index in [1.165, 1.54) is 112 Å². The number of anilines is 6. The van der Waals surface area contributed by atoms with Gasteiger partial charge in [-0.2, -0.15) is 0 Å². The van der Waals surface area contributed by atoms with Crippen LogP contribution in [0, 0.1) is 0 Å². The van der Waals surface area contributed by atoms with Crippen LogP contribution in [-0.4, -0.2) is 11.7 Å². The molecule has 2 aromatic heterocycles. The predicted octanol–water partition coefficient (Wildman–Crippen LogP) is 16.9. The van der Waals surface area contributed by atoms with Gasteiger partial charge in [-0.1, -0.05) is 186 Å². The van der Waals surface area contributed by atoms with Crippen LogP contribution in [-0.2, 0) is 37.9 Å². The SMILES string of the molecule is CC(C)(C)c1ccc(N2c3ccc(C(C)(C)C)cc3B3c4sc5ccc(C(C)(C)C)cc5c4N(c4ccc(C(C)(C)C)cc4-c4ccc5c(c4)C(C)(C)CCC5(C)C)c4nc(C(C)(C)C)cc2c43)cc1. The first-order valence-corrected chi connectivity index (χ1v) is 26.9. The first-order valence-electron chi connectivity index (χ1n) is 26.1. The molecule has 0 atom stereocenters. The van der Waals surface area contributed by atoms with E-state index in [2.05, 4.69) is 244 Å². The molecule has 70 heavy (non-hydrogen) atoms. The molecule has 2 aliphatic heterocycles. The van der Waals surface area contributed by atoms with Crippen LogP contribution < -0.4 is 25.5 Å². The molecule has 10 rings (SSSR count). The Kier molecular flexibility index (Phi) is 10.9. The summed E-state index contributed by atoms with van der Waals surface area (Å²) in [6, 6.07) is 41.3. The Labute approximate surface area is 426 Å². The van der Waals surface area contributed by atoms with E-state index in [4.69, 9.17) is 4.98 Å². The Bertz CT molecular complexity index is 3240. The number of pyridine rings is 1. The van der Waals surface area contributed by atoms with Crippen molar-refractivity contribution in [1.82, 2.24) is 4.98 Å². The highest BCUT2D eigenvalue weighted by atomic mass is 32.1. The smallest absolute Gasteiger partial charge is 0.266 e. The summed E-state index contributed by atoms with van der Waals surface area (Å²) in [5.74, 6) is 1.04. The van der Waals surface area contributed by atoms with Gasteiger partial charge in [-0.3, -0.25) is 4.90 Å². The number of nitrogens with zero attached hydrogens (tertiary/aromatic N) is 3. The van der Waals surface area contributed by atoms with E-state index in [-0.39, 0.29) is 44.6 Å². The summed E-state index contributed by atoms with van der Waals surface area (Å²) in [5, 5.41) is 1.30. The molecule has 0 fully saturated rings. The molecule has 5 aromatic carbocycles. The minimum absolute atomic E-state index is 0.0280. The molecule has 0 N–H and O–H groups in total. The molecule has 0 saturated heterocycles. The summed E-state index contributed by atoms with van der Waals surface area (Å²) in [6.07, 6.45) is 2.36. The number of thiophene rings is 1. The molecule has 3 nitrogen and oxygen atoms in total. The lowest BCUT2D eigenvalue weighted by atomic mass is 9.36. The largest absolute Gasteiger partial charge is 0.311 e. The highest BCUT2D eigenvalue weighted by Gasteiger charge is 2.48. The van der Waals surface area contributed by atoms with Crippen molar-refractivity contribution in [3.05, 3.63) is 142 Å². The molecule has 0 radical (unpaired) electrons. The third-order valence-corrected chi connectivity index (χ3v) is 17.5. The number of fused-ring (bicyclic) bond motifs is 7. The maximum Gasteiger partial charge on any atom is 0.266 e. The van der Waals surface area contributed by atoms with Crippen LogP contribution >= 0.6 is 11.3 Å². The second-order valence-corrected chi connectivity index (χ2v) is 28.8. The number of rotatable bonds is 3. The topological polar surface area (TPSA) is 19.4 Å². The second kappa shape index (κ2) is 15.7. The maximum atomic E-state index is 6.03. The van der Waals surface area contributed by atoms with E-state index in [9.17, 15) is 0 Å². The lowest BCUT2D eigenvalue weighted by Gasteiger charge is -2.44. The standard InChI is InChI=1S/C65H78BN3S/c1-59(2,3)40-21-26-44(27-22-40)68-51-30-24-43(62(10,11)12)37-49(51)66-55-52(68)38-54(63(13,14)15)67-58(55)69(56-46-36-42(61(7,8)9)25-31-53(46)70-57(56)66)50-29-23-41(60(4,5)6)35-45(50)39-20-28-47-48(34-39)65(18,19)33-32-64(47,16)17/h20-31,34-38H,32-33H2,1-19H3. The van der Waals surface area contributed by atoms with Crippen LogP contribution in [0.1, 0.15) is 183 Å². The first kappa shape index (κ1) is 48.5. The average Bonchev–Trinajstić information content (AvgIpc) is 3.64. The van der Waals surface area contributed by atoms with Crippen molar-refractivity contribution >= 4 is 78.1 Å². The third kappa shape index (κ3) is 7.96. The fraction of sp³-hybridized carbons (Fsp3) is 0.431. The second-order valence-electron chi connectivity index (χ2n) is 27.7. The summed E-state index contributed by atoms with van der Waals surface area (Å²) in [6.45, 7) is 44.8. The Hall–Kier alpha value is -5.13. The predicted molar refractivity (Wildman–Crippen MR) is 308 cm³/mol. The van der Waals surface area contributed by atoms with Gasteiger partial charge >= 0.3 is 0 Å². The molecule has 0 saturated carbocycles. The lowest BCUT2D eigenvalue weighted by molar-refractivity contribution is 0.332. The minimum atomic E-state index is -0.239. The van der Waals surface area contributed by atoms with Gasteiger partial charge in [0.15, 0.2) is 0 Å².